The van der Waals surface area contributed by atoms with E-state index in [1.165, 1.54) is 0 Å². The summed E-state index contributed by atoms with van der Waals surface area (Å²) in [4.78, 5) is 11.8. The van der Waals surface area contributed by atoms with E-state index in [1.807, 2.05) is 13.8 Å². The zero-order chi connectivity index (χ0) is 16.3. The first-order valence-electron chi connectivity index (χ1n) is 6.55. The van der Waals surface area contributed by atoms with Gasteiger partial charge in [0.1, 0.15) is 0 Å². The Bertz CT molecular complexity index is 648. The van der Waals surface area contributed by atoms with Gasteiger partial charge >= 0.3 is 6.18 Å². The standard InChI is InChI=1S/C14H14F3N3O2/c1-8(2)13-20-19-11(22-13)7-18-12(21)9-3-5-10(6-4-9)14(15,16)17/h3-6,8H,7H2,1-2H3,(H,18,21). The Labute approximate surface area is 124 Å². The fraction of sp³-hybridized carbons (Fsp3) is 0.357. The van der Waals surface area contributed by atoms with Gasteiger partial charge in [0.25, 0.3) is 5.91 Å². The highest BCUT2D eigenvalue weighted by atomic mass is 19.4. The lowest BCUT2D eigenvalue weighted by Crippen LogP contribution is -2.23. The van der Waals surface area contributed by atoms with Gasteiger partial charge in [-0.25, -0.2) is 0 Å². The normalized spacial score (nSPS) is 11.7. The highest BCUT2D eigenvalue weighted by Gasteiger charge is 2.30. The quantitative estimate of drug-likeness (QED) is 0.941. The van der Waals surface area contributed by atoms with Crippen LogP contribution in [0.2, 0.25) is 0 Å². The zero-order valence-corrected chi connectivity index (χ0v) is 11.9. The van der Waals surface area contributed by atoms with E-state index in [-0.39, 0.29) is 23.9 Å². The van der Waals surface area contributed by atoms with Gasteiger partial charge in [0.2, 0.25) is 11.8 Å². The molecule has 0 radical (unpaired) electrons. The largest absolute Gasteiger partial charge is 0.423 e. The third-order valence-corrected chi connectivity index (χ3v) is 2.85. The van der Waals surface area contributed by atoms with Crippen molar-refractivity contribution in [3.63, 3.8) is 0 Å². The summed E-state index contributed by atoms with van der Waals surface area (Å²) in [7, 11) is 0. The molecule has 0 aliphatic rings. The van der Waals surface area contributed by atoms with E-state index in [0.717, 1.165) is 24.3 Å². The number of amides is 1. The molecule has 0 aliphatic heterocycles. The first-order chi connectivity index (χ1) is 10.3. The van der Waals surface area contributed by atoms with Crippen LogP contribution in [0.15, 0.2) is 28.7 Å². The van der Waals surface area contributed by atoms with Crippen molar-refractivity contribution < 1.29 is 22.4 Å². The molecule has 1 amide bonds. The molecular weight excluding hydrogens is 299 g/mol. The smallest absolute Gasteiger partial charge is 0.416 e. The zero-order valence-electron chi connectivity index (χ0n) is 11.9. The fourth-order valence-corrected chi connectivity index (χ4v) is 1.64. The maximum Gasteiger partial charge on any atom is 0.416 e. The van der Waals surface area contributed by atoms with Crippen LogP contribution in [0.4, 0.5) is 13.2 Å². The molecule has 0 aliphatic carbocycles. The number of benzene rings is 1. The molecule has 8 heteroatoms. The second-order valence-corrected chi connectivity index (χ2v) is 4.95. The van der Waals surface area contributed by atoms with Gasteiger partial charge in [-0.1, -0.05) is 13.8 Å². The van der Waals surface area contributed by atoms with Gasteiger partial charge in [-0.05, 0) is 24.3 Å². The van der Waals surface area contributed by atoms with Crippen LogP contribution < -0.4 is 5.32 Å². The van der Waals surface area contributed by atoms with Crippen LogP contribution in [-0.2, 0) is 12.7 Å². The number of hydrogen-bond donors (Lipinski definition) is 1. The summed E-state index contributed by atoms with van der Waals surface area (Å²) in [5.41, 5.74) is -0.681. The molecule has 5 nitrogen and oxygen atoms in total. The van der Waals surface area contributed by atoms with Crippen LogP contribution in [0.25, 0.3) is 0 Å². The first kappa shape index (κ1) is 16.0. The lowest BCUT2D eigenvalue weighted by atomic mass is 10.1. The third kappa shape index (κ3) is 3.84. The second kappa shape index (κ2) is 6.17. The second-order valence-electron chi connectivity index (χ2n) is 4.95. The van der Waals surface area contributed by atoms with E-state index in [9.17, 15) is 18.0 Å². The van der Waals surface area contributed by atoms with Crippen molar-refractivity contribution in [3.05, 3.63) is 47.2 Å². The molecule has 2 aromatic rings. The Balaban J connectivity index is 1.97. The van der Waals surface area contributed by atoms with Crippen molar-refractivity contribution in [1.82, 2.24) is 15.5 Å². The molecular formula is C14H14F3N3O2. The molecule has 2 rings (SSSR count). The number of carbonyl (C=O) groups is 1. The van der Waals surface area contributed by atoms with Crippen molar-refractivity contribution in [1.29, 1.82) is 0 Å². The predicted molar refractivity (Wildman–Crippen MR) is 71.0 cm³/mol. The van der Waals surface area contributed by atoms with Crippen LogP contribution in [0.3, 0.4) is 0 Å². The topological polar surface area (TPSA) is 68.0 Å². The molecule has 0 fully saturated rings. The fourth-order valence-electron chi connectivity index (χ4n) is 1.64. The molecule has 0 spiro atoms. The number of rotatable bonds is 4. The van der Waals surface area contributed by atoms with E-state index in [4.69, 9.17) is 4.42 Å². The first-order valence-corrected chi connectivity index (χ1v) is 6.55. The Morgan fingerprint density at radius 2 is 1.86 bits per heavy atom. The molecule has 0 unspecified atom stereocenters. The summed E-state index contributed by atoms with van der Waals surface area (Å²) in [5, 5.41) is 10.1. The predicted octanol–water partition coefficient (Wildman–Crippen LogP) is 3.14. The molecule has 1 heterocycles. The molecule has 1 aromatic carbocycles. The van der Waals surface area contributed by atoms with Crippen molar-refractivity contribution in [3.8, 4) is 0 Å². The van der Waals surface area contributed by atoms with Crippen LogP contribution in [0, 0.1) is 0 Å². The molecule has 22 heavy (non-hydrogen) atoms. The number of halogens is 3. The Kier molecular flexibility index (Phi) is 4.48. The van der Waals surface area contributed by atoms with Crippen LogP contribution in [0.5, 0.6) is 0 Å². The molecule has 0 bridgehead atoms. The van der Waals surface area contributed by atoms with Gasteiger partial charge in [0, 0.05) is 11.5 Å². The summed E-state index contributed by atoms with van der Waals surface area (Å²) in [6, 6.07) is 3.95. The summed E-state index contributed by atoms with van der Waals surface area (Å²) < 4.78 is 42.6. The van der Waals surface area contributed by atoms with Gasteiger partial charge < -0.3 is 9.73 Å². The number of alkyl halides is 3. The molecule has 1 N–H and O–H groups in total. The van der Waals surface area contributed by atoms with Gasteiger partial charge in [-0.15, -0.1) is 10.2 Å². The van der Waals surface area contributed by atoms with Crippen molar-refractivity contribution in [2.45, 2.75) is 32.5 Å². The highest BCUT2D eigenvalue weighted by Crippen LogP contribution is 2.29. The van der Waals surface area contributed by atoms with Crippen LogP contribution >= 0.6 is 0 Å². The lowest BCUT2D eigenvalue weighted by molar-refractivity contribution is -0.137. The van der Waals surface area contributed by atoms with Crippen LogP contribution in [0.1, 0.15) is 47.5 Å². The highest BCUT2D eigenvalue weighted by molar-refractivity contribution is 5.94. The van der Waals surface area contributed by atoms with E-state index in [0.29, 0.717) is 5.89 Å². The van der Waals surface area contributed by atoms with Crippen LogP contribution in [-0.4, -0.2) is 16.1 Å². The maximum absolute atomic E-state index is 12.4. The lowest BCUT2D eigenvalue weighted by Gasteiger charge is -2.07. The van der Waals surface area contributed by atoms with Gasteiger partial charge in [-0.2, -0.15) is 13.2 Å². The summed E-state index contributed by atoms with van der Waals surface area (Å²) in [6.45, 7) is 3.79. The minimum absolute atomic E-state index is 0.0135. The summed E-state index contributed by atoms with van der Waals surface area (Å²) in [5.74, 6) is 0.257. The number of nitrogens with zero attached hydrogens (tertiary/aromatic N) is 2. The Morgan fingerprint density at radius 1 is 1.23 bits per heavy atom. The molecule has 118 valence electrons. The average molecular weight is 313 g/mol. The number of carbonyl (C=O) groups excluding carboxylic acids is 1. The SMILES string of the molecule is CC(C)c1nnc(CNC(=O)c2ccc(C(F)(F)F)cc2)o1. The molecule has 0 atom stereocenters. The Morgan fingerprint density at radius 3 is 2.36 bits per heavy atom. The van der Waals surface area contributed by atoms with E-state index < -0.39 is 17.6 Å². The summed E-state index contributed by atoms with van der Waals surface area (Å²) >= 11 is 0. The van der Waals surface area contributed by atoms with Crippen molar-refractivity contribution in [2.75, 3.05) is 0 Å². The summed E-state index contributed by atoms with van der Waals surface area (Å²) in [6.07, 6.45) is -4.42. The Hall–Kier alpha value is -2.38. The van der Waals surface area contributed by atoms with E-state index in [1.54, 1.807) is 0 Å². The average Bonchev–Trinajstić information content (AvgIpc) is 2.93. The number of aromatic nitrogens is 2. The van der Waals surface area contributed by atoms with Gasteiger partial charge in [0.15, 0.2) is 0 Å². The minimum atomic E-state index is -4.42. The van der Waals surface area contributed by atoms with Crippen molar-refractivity contribution >= 4 is 5.91 Å². The molecule has 0 saturated heterocycles. The van der Waals surface area contributed by atoms with Gasteiger partial charge in [0.05, 0.1) is 12.1 Å². The monoisotopic (exact) mass is 313 g/mol. The van der Waals surface area contributed by atoms with Crippen molar-refractivity contribution in [2.24, 2.45) is 0 Å². The third-order valence-electron chi connectivity index (χ3n) is 2.85. The number of hydrogen-bond acceptors (Lipinski definition) is 4. The maximum atomic E-state index is 12.4. The molecule has 0 saturated carbocycles. The number of nitrogens with one attached hydrogen (secondary N) is 1. The molecule has 1 aromatic heterocycles. The minimum Gasteiger partial charge on any atom is -0.423 e. The van der Waals surface area contributed by atoms with E-state index in [2.05, 4.69) is 15.5 Å². The van der Waals surface area contributed by atoms with E-state index >= 15 is 0 Å². The van der Waals surface area contributed by atoms with Gasteiger partial charge in [-0.3, -0.25) is 4.79 Å².